The van der Waals surface area contributed by atoms with E-state index < -0.39 is 48.2 Å². The predicted octanol–water partition coefficient (Wildman–Crippen LogP) is 5.80. The number of H-pyrrole nitrogens is 1. The third kappa shape index (κ3) is 7.37. The summed E-state index contributed by atoms with van der Waals surface area (Å²) < 4.78 is 23.8. The van der Waals surface area contributed by atoms with E-state index in [1.165, 1.54) is 0 Å². The van der Waals surface area contributed by atoms with Crippen LogP contribution in [0, 0.1) is 0 Å². The molecule has 1 aliphatic rings. The first-order chi connectivity index (χ1) is 25.5. The van der Waals surface area contributed by atoms with E-state index in [0.29, 0.717) is 11.2 Å². The highest BCUT2D eigenvalue weighted by Crippen LogP contribution is 2.41. The van der Waals surface area contributed by atoms with Crippen LogP contribution in [0.5, 0.6) is 0 Å². The van der Waals surface area contributed by atoms with E-state index in [-0.39, 0.29) is 16.7 Å². The summed E-state index contributed by atoms with van der Waals surface area (Å²) in [6.07, 6.45) is 0.733. The van der Waals surface area contributed by atoms with Gasteiger partial charge in [0, 0.05) is 17.5 Å². The molecule has 10 heteroatoms. The minimum atomic E-state index is -3.10. The van der Waals surface area contributed by atoms with Crippen molar-refractivity contribution in [2.75, 3.05) is 6.61 Å². The standard InChI is InChI=1S/C44H54N2O5Si3/c1-43(2,3)53(33-22-14-10-15-23-33,34-24-16-11-17-25-34)49-32-38-37(30-40(50-38)46-41(52(7,8)9)31-39(47)45-42(46)48)51-54(44(4,5)6,35-26-18-12-19-27-35)36-28-20-13-21-29-36/h10-31,37-38H,32H2,1-9H3,(H,45,47,48)/t37-,38+/m0/s1. The molecule has 54 heavy (non-hydrogen) atoms. The Hall–Kier alpha value is -4.33. The topological polar surface area (TPSA) is 82.5 Å². The van der Waals surface area contributed by atoms with Gasteiger partial charge in [0.05, 0.1) is 14.7 Å². The molecule has 5 aromatic rings. The molecule has 7 nitrogen and oxygen atoms in total. The maximum Gasteiger partial charge on any atom is 0.335 e. The zero-order chi connectivity index (χ0) is 38.9. The van der Waals surface area contributed by atoms with Gasteiger partial charge < -0.3 is 13.6 Å². The van der Waals surface area contributed by atoms with E-state index in [9.17, 15) is 9.59 Å². The number of ether oxygens (including phenoxy) is 1. The molecule has 0 bridgehead atoms. The molecule has 0 amide bonds. The Morgan fingerprint density at radius 3 is 1.44 bits per heavy atom. The Bertz CT molecular complexity index is 2110. The second kappa shape index (κ2) is 15.1. The van der Waals surface area contributed by atoms with Crippen LogP contribution in [0.4, 0.5) is 0 Å². The summed E-state index contributed by atoms with van der Waals surface area (Å²) in [7, 11) is -8.32. The zero-order valence-corrected chi connectivity index (χ0v) is 36.1. The highest BCUT2D eigenvalue weighted by Gasteiger charge is 2.55. The molecule has 1 N–H and O–H groups in total. The Kier molecular flexibility index (Phi) is 11.0. The van der Waals surface area contributed by atoms with Gasteiger partial charge in [-0.3, -0.25) is 9.78 Å². The molecule has 2 atom stereocenters. The highest BCUT2D eigenvalue weighted by molar-refractivity contribution is 7.00. The lowest BCUT2D eigenvalue weighted by molar-refractivity contribution is 0.0369. The van der Waals surface area contributed by atoms with Gasteiger partial charge in [0.25, 0.3) is 22.2 Å². The third-order valence-corrected chi connectivity index (χ3v) is 22.4. The minimum Gasteiger partial charge on any atom is -0.470 e. The molecule has 0 saturated heterocycles. The van der Waals surface area contributed by atoms with Crippen LogP contribution in [0.3, 0.4) is 0 Å². The molecule has 2 heterocycles. The predicted molar refractivity (Wildman–Crippen MR) is 230 cm³/mol. The number of aromatic amines is 1. The van der Waals surface area contributed by atoms with Gasteiger partial charge >= 0.3 is 5.69 Å². The van der Waals surface area contributed by atoms with Gasteiger partial charge in [-0.15, -0.1) is 0 Å². The van der Waals surface area contributed by atoms with E-state index in [0.717, 1.165) is 20.7 Å². The molecule has 0 aliphatic carbocycles. The van der Waals surface area contributed by atoms with Crippen molar-refractivity contribution in [3.8, 4) is 0 Å². The van der Waals surface area contributed by atoms with Gasteiger partial charge in [-0.2, -0.15) is 0 Å². The van der Waals surface area contributed by atoms with Crippen LogP contribution < -0.4 is 37.3 Å². The van der Waals surface area contributed by atoms with Crippen LogP contribution in [-0.2, 0) is 13.6 Å². The first kappa shape index (κ1) is 39.4. The van der Waals surface area contributed by atoms with Crippen molar-refractivity contribution >= 4 is 56.7 Å². The average molecular weight is 775 g/mol. The van der Waals surface area contributed by atoms with Gasteiger partial charge in [-0.1, -0.05) is 183 Å². The van der Waals surface area contributed by atoms with Crippen LogP contribution in [-0.4, -0.2) is 53.1 Å². The maximum atomic E-state index is 13.8. The molecule has 1 aliphatic heterocycles. The fourth-order valence-corrected chi connectivity index (χ4v) is 18.7. The van der Waals surface area contributed by atoms with Crippen molar-refractivity contribution in [3.63, 3.8) is 0 Å². The summed E-state index contributed by atoms with van der Waals surface area (Å²) in [5.41, 5.74) is -0.942. The lowest BCUT2D eigenvalue weighted by atomic mass is 10.2. The van der Waals surface area contributed by atoms with Crippen LogP contribution in [0.1, 0.15) is 41.5 Å². The molecule has 4 aromatic carbocycles. The first-order valence-corrected chi connectivity index (χ1v) is 26.1. The fourth-order valence-electron chi connectivity index (χ4n) is 8.01. The zero-order valence-electron chi connectivity index (χ0n) is 33.1. The molecular formula is C44H54N2O5Si3. The number of hydrogen-bond donors (Lipinski definition) is 1. The number of rotatable bonds is 11. The van der Waals surface area contributed by atoms with Crippen molar-refractivity contribution in [2.45, 2.75) is 83.5 Å². The van der Waals surface area contributed by atoms with E-state index >= 15 is 0 Å². The van der Waals surface area contributed by atoms with Crippen LogP contribution >= 0.6 is 0 Å². The monoisotopic (exact) mass is 774 g/mol. The summed E-state index contributed by atoms with van der Waals surface area (Å²) >= 11 is 0. The highest BCUT2D eigenvalue weighted by atomic mass is 28.4. The number of hydrogen-bond acceptors (Lipinski definition) is 5. The third-order valence-electron chi connectivity index (χ3n) is 10.5. The van der Waals surface area contributed by atoms with Gasteiger partial charge in [0.15, 0.2) is 6.10 Å². The normalized spacial score (nSPS) is 16.9. The molecule has 1 aromatic heterocycles. The van der Waals surface area contributed by atoms with E-state index in [1.54, 1.807) is 10.6 Å². The van der Waals surface area contributed by atoms with Gasteiger partial charge in [0.2, 0.25) is 5.88 Å². The smallest absolute Gasteiger partial charge is 0.335 e. The second-order valence-corrected chi connectivity index (χ2v) is 30.9. The summed E-state index contributed by atoms with van der Waals surface area (Å²) in [5, 5.41) is 4.71. The molecule has 0 spiro atoms. The summed E-state index contributed by atoms with van der Waals surface area (Å²) in [5.74, 6) is 0.354. The minimum absolute atomic E-state index is 0.205. The number of benzene rings is 4. The molecule has 0 saturated carbocycles. The maximum absolute atomic E-state index is 13.8. The second-order valence-electron chi connectivity index (χ2n) is 17.3. The van der Waals surface area contributed by atoms with Crippen molar-refractivity contribution < 1.29 is 13.6 Å². The lowest BCUT2D eigenvalue weighted by Gasteiger charge is -2.46. The Labute approximate surface area is 323 Å². The Morgan fingerprint density at radius 2 is 1.06 bits per heavy atom. The quantitative estimate of drug-likeness (QED) is 0.172. The molecule has 6 rings (SSSR count). The number of nitrogens with zero attached hydrogens (tertiary/aromatic N) is 1. The van der Waals surface area contributed by atoms with Crippen molar-refractivity contribution in [1.29, 1.82) is 0 Å². The van der Waals surface area contributed by atoms with Crippen LogP contribution in [0.2, 0.25) is 29.7 Å². The number of nitrogens with one attached hydrogen (secondary N) is 1. The molecule has 282 valence electrons. The lowest BCUT2D eigenvalue weighted by Crippen LogP contribution is -2.69. The van der Waals surface area contributed by atoms with E-state index in [1.807, 2.05) is 30.3 Å². The van der Waals surface area contributed by atoms with E-state index in [4.69, 9.17) is 13.6 Å². The van der Waals surface area contributed by atoms with Gasteiger partial charge in [0.1, 0.15) is 6.10 Å². The average Bonchev–Trinajstić information content (AvgIpc) is 3.52. The summed E-state index contributed by atoms with van der Waals surface area (Å²) in [6, 6.07) is 43.7. The number of aromatic nitrogens is 2. The summed E-state index contributed by atoms with van der Waals surface area (Å²) in [6.45, 7) is 20.1. The van der Waals surface area contributed by atoms with Crippen LogP contribution in [0.15, 0.2) is 143 Å². The van der Waals surface area contributed by atoms with Crippen LogP contribution in [0.25, 0.3) is 5.88 Å². The molecule has 0 unspecified atom stereocenters. The van der Waals surface area contributed by atoms with Gasteiger partial charge in [-0.05, 0) is 30.8 Å². The molecular weight excluding hydrogens is 721 g/mol. The first-order valence-electron chi connectivity index (χ1n) is 18.8. The summed E-state index contributed by atoms with van der Waals surface area (Å²) in [4.78, 5) is 29.0. The van der Waals surface area contributed by atoms with Crippen molar-refractivity contribution in [2.24, 2.45) is 0 Å². The van der Waals surface area contributed by atoms with Crippen molar-refractivity contribution in [3.05, 3.63) is 154 Å². The van der Waals surface area contributed by atoms with Gasteiger partial charge in [-0.25, -0.2) is 9.36 Å². The fraction of sp³-hybridized carbons (Fsp3) is 0.318. The van der Waals surface area contributed by atoms with Crippen molar-refractivity contribution in [1.82, 2.24) is 9.55 Å². The van der Waals surface area contributed by atoms with E-state index in [2.05, 4.69) is 163 Å². The largest absolute Gasteiger partial charge is 0.470 e. The molecule has 0 fully saturated rings. The molecule has 0 radical (unpaired) electrons. The Balaban J connectivity index is 1.55. The SMILES string of the molecule is CC(C)(C)[Si](OC[C@H]1OC(n2c([Si](C)(C)C)cc(=O)[nH]c2=O)=C[C@@H]1O[Si](c1ccccc1)(c1ccccc1)C(C)(C)C)(c1ccccc1)c1ccccc1. The Morgan fingerprint density at radius 1 is 0.648 bits per heavy atom.